The SMILES string of the molecule is CC1(S(=O)(=O)N2CCCCC2)C=CC(Cl)=CC1. The Hall–Kier alpha value is -0.320. The molecule has 0 radical (unpaired) electrons. The van der Waals surface area contributed by atoms with Crippen molar-refractivity contribution in [1.29, 1.82) is 0 Å². The molecule has 1 unspecified atom stereocenters. The molecule has 2 rings (SSSR count). The van der Waals surface area contributed by atoms with E-state index < -0.39 is 14.8 Å². The summed E-state index contributed by atoms with van der Waals surface area (Å²) in [5, 5.41) is 0.622. The van der Waals surface area contributed by atoms with Gasteiger partial charge < -0.3 is 0 Å². The Morgan fingerprint density at radius 2 is 1.94 bits per heavy atom. The minimum Gasteiger partial charge on any atom is -0.211 e. The van der Waals surface area contributed by atoms with Gasteiger partial charge in [-0.05, 0) is 32.3 Å². The van der Waals surface area contributed by atoms with Crippen LogP contribution in [-0.2, 0) is 10.0 Å². The van der Waals surface area contributed by atoms with Gasteiger partial charge in [0.15, 0.2) is 0 Å². The van der Waals surface area contributed by atoms with Crippen LogP contribution in [0.2, 0.25) is 0 Å². The molecule has 0 spiro atoms. The van der Waals surface area contributed by atoms with E-state index in [1.807, 2.05) is 0 Å². The minimum absolute atomic E-state index is 0.459. The number of piperidine rings is 1. The van der Waals surface area contributed by atoms with Gasteiger partial charge in [-0.1, -0.05) is 30.2 Å². The number of sulfonamides is 1. The molecule has 1 aliphatic heterocycles. The molecule has 3 nitrogen and oxygen atoms in total. The summed E-state index contributed by atoms with van der Waals surface area (Å²) in [7, 11) is -3.26. The standard InChI is InChI=1S/C12H18ClNO2S/c1-12(7-5-11(13)6-8-12)17(15,16)14-9-3-2-4-10-14/h5-7H,2-4,8-10H2,1H3. The van der Waals surface area contributed by atoms with Crippen LogP contribution in [-0.4, -0.2) is 30.6 Å². The van der Waals surface area contributed by atoms with E-state index in [1.165, 1.54) is 0 Å². The van der Waals surface area contributed by atoms with E-state index in [0.717, 1.165) is 19.3 Å². The third kappa shape index (κ3) is 2.44. The number of nitrogens with zero attached hydrogens (tertiary/aromatic N) is 1. The van der Waals surface area contributed by atoms with E-state index in [9.17, 15) is 8.42 Å². The van der Waals surface area contributed by atoms with Crippen LogP contribution in [0.15, 0.2) is 23.3 Å². The van der Waals surface area contributed by atoms with E-state index in [4.69, 9.17) is 11.6 Å². The van der Waals surface area contributed by atoms with E-state index >= 15 is 0 Å². The van der Waals surface area contributed by atoms with Crippen LogP contribution in [0.5, 0.6) is 0 Å². The first kappa shape index (κ1) is 13.1. The molecular weight excluding hydrogens is 258 g/mol. The van der Waals surface area contributed by atoms with E-state index in [1.54, 1.807) is 29.5 Å². The average molecular weight is 276 g/mol. The molecule has 5 heteroatoms. The van der Waals surface area contributed by atoms with Crippen molar-refractivity contribution in [1.82, 2.24) is 4.31 Å². The second-order valence-electron chi connectivity index (χ2n) is 4.90. The number of halogens is 1. The maximum atomic E-state index is 12.6. The maximum Gasteiger partial charge on any atom is 0.223 e. The third-order valence-electron chi connectivity index (χ3n) is 3.54. The molecular formula is C12H18ClNO2S. The van der Waals surface area contributed by atoms with E-state index in [0.29, 0.717) is 24.5 Å². The van der Waals surface area contributed by atoms with Crippen molar-refractivity contribution in [3.05, 3.63) is 23.3 Å². The molecule has 1 saturated heterocycles. The summed E-state index contributed by atoms with van der Waals surface area (Å²) in [6, 6.07) is 0. The molecule has 0 saturated carbocycles. The highest BCUT2D eigenvalue weighted by molar-refractivity contribution is 7.90. The van der Waals surface area contributed by atoms with Crippen LogP contribution < -0.4 is 0 Å². The van der Waals surface area contributed by atoms with Crippen LogP contribution in [0.25, 0.3) is 0 Å². The highest BCUT2D eigenvalue weighted by Gasteiger charge is 2.41. The largest absolute Gasteiger partial charge is 0.223 e. The molecule has 0 bridgehead atoms. The molecule has 17 heavy (non-hydrogen) atoms. The quantitative estimate of drug-likeness (QED) is 0.777. The molecule has 0 aromatic rings. The smallest absolute Gasteiger partial charge is 0.211 e. The predicted molar refractivity (Wildman–Crippen MR) is 70.4 cm³/mol. The Kier molecular flexibility index (Phi) is 3.66. The van der Waals surface area contributed by atoms with Crippen molar-refractivity contribution in [3.8, 4) is 0 Å². The number of allylic oxidation sites excluding steroid dienone is 3. The summed E-state index contributed by atoms with van der Waals surface area (Å²) in [5.41, 5.74) is 0. The molecule has 1 atom stereocenters. The number of hydrogen-bond donors (Lipinski definition) is 0. The first-order valence-corrected chi connectivity index (χ1v) is 7.82. The fourth-order valence-corrected chi connectivity index (χ4v) is 4.29. The van der Waals surface area contributed by atoms with Gasteiger partial charge in [0, 0.05) is 18.1 Å². The van der Waals surface area contributed by atoms with Crippen LogP contribution in [0.4, 0.5) is 0 Å². The number of rotatable bonds is 2. The summed E-state index contributed by atoms with van der Waals surface area (Å²) in [6.07, 6.45) is 8.71. The summed E-state index contributed by atoms with van der Waals surface area (Å²) >= 11 is 5.85. The average Bonchev–Trinajstić information content (AvgIpc) is 2.34. The second kappa shape index (κ2) is 4.75. The Morgan fingerprint density at radius 3 is 2.47 bits per heavy atom. The fourth-order valence-electron chi connectivity index (χ4n) is 2.28. The highest BCUT2D eigenvalue weighted by atomic mass is 35.5. The zero-order valence-electron chi connectivity index (χ0n) is 10.0. The molecule has 2 aliphatic rings. The first-order valence-electron chi connectivity index (χ1n) is 6.00. The third-order valence-corrected chi connectivity index (χ3v) is 6.35. The summed E-state index contributed by atoms with van der Waals surface area (Å²) in [4.78, 5) is 0. The van der Waals surface area contributed by atoms with Gasteiger partial charge in [-0.25, -0.2) is 12.7 Å². The lowest BCUT2D eigenvalue weighted by Gasteiger charge is -2.35. The van der Waals surface area contributed by atoms with Crippen molar-refractivity contribution in [2.75, 3.05) is 13.1 Å². The van der Waals surface area contributed by atoms with Gasteiger partial charge in [0.1, 0.15) is 4.75 Å². The van der Waals surface area contributed by atoms with Crippen molar-refractivity contribution >= 4 is 21.6 Å². The number of hydrogen-bond acceptors (Lipinski definition) is 2. The molecule has 1 aliphatic carbocycles. The zero-order chi connectivity index (χ0) is 12.5. The molecule has 0 aromatic heterocycles. The predicted octanol–water partition coefficient (Wildman–Crippen LogP) is 2.64. The molecule has 1 fully saturated rings. The summed E-state index contributed by atoms with van der Waals surface area (Å²) in [6.45, 7) is 3.08. The monoisotopic (exact) mass is 275 g/mol. The van der Waals surface area contributed by atoms with Crippen molar-refractivity contribution in [3.63, 3.8) is 0 Å². The minimum atomic E-state index is -3.26. The molecule has 1 heterocycles. The zero-order valence-corrected chi connectivity index (χ0v) is 11.6. The maximum absolute atomic E-state index is 12.6. The van der Waals surface area contributed by atoms with Gasteiger partial charge in [0.25, 0.3) is 0 Å². The van der Waals surface area contributed by atoms with Crippen molar-refractivity contribution < 1.29 is 8.42 Å². The first-order chi connectivity index (χ1) is 7.96. The molecule has 0 amide bonds. The van der Waals surface area contributed by atoms with Gasteiger partial charge in [-0.15, -0.1) is 0 Å². The van der Waals surface area contributed by atoms with Crippen LogP contribution in [0, 0.1) is 0 Å². The normalized spacial score (nSPS) is 31.3. The molecule has 0 aromatic carbocycles. The lowest BCUT2D eigenvalue weighted by molar-refractivity contribution is 0.337. The van der Waals surface area contributed by atoms with Crippen molar-refractivity contribution in [2.24, 2.45) is 0 Å². The lowest BCUT2D eigenvalue weighted by atomic mass is 10.0. The highest BCUT2D eigenvalue weighted by Crippen LogP contribution is 2.33. The second-order valence-corrected chi connectivity index (χ2v) is 7.74. The van der Waals surface area contributed by atoms with Crippen LogP contribution >= 0.6 is 11.6 Å². The Balaban J connectivity index is 2.23. The van der Waals surface area contributed by atoms with Gasteiger partial charge in [-0.2, -0.15) is 0 Å². The molecule has 0 N–H and O–H groups in total. The van der Waals surface area contributed by atoms with Gasteiger partial charge in [-0.3, -0.25) is 0 Å². The van der Waals surface area contributed by atoms with Gasteiger partial charge >= 0.3 is 0 Å². The lowest BCUT2D eigenvalue weighted by Crippen LogP contribution is -2.47. The Bertz CT molecular complexity index is 449. The van der Waals surface area contributed by atoms with Gasteiger partial charge in [0.2, 0.25) is 10.0 Å². The van der Waals surface area contributed by atoms with E-state index in [2.05, 4.69) is 0 Å². The van der Waals surface area contributed by atoms with E-state index in [-0.39, 0.29) is 0 Å². The van der Waals surface area contributed by atoms with Crippen LogP contribution in [0.3, 0.4) is 0 Å². The molecule has 96 valence electrons. The summed E-state index contributed by atoms with van der Waals surface area (Å²) in [5.74, 6) is 0. The van der Waals surface area contributed by atoms with Gasteiger partial charge in [0.05, 0.1) is 0 Å². The Labute approximate surface area is 108 Å². The topological polar surface area (TPSA) is 37.4 Å². The van der Waals surface area contributed by atoms with Crippen LogP contribution in [0.1, 0.15) is 32.6 Å². The Morgan fingerprint density at radius 1 is 1.29 bits per heavy atom. The fraction of sp³-hybridized carbons (Fsp3) is 0.667. The van der Waals surface area contributed by atoms with Crippen molar-refractivity contribution in [2.45, 2.75) is 37.4 Å². The summed E-state index contributed by atoms with van der Waals surface area (Å²) < 4.78 is 25.9.